The highest BCUT2D eigenvalue weighted by molar-refractivity contribution is 7.89. The molecule has 2 aromatic heterocycles. The van der Waals surface area contributed by atoms with Gasteiger partial charge in [-0.2, -0.15) is 4.98 Å². The molecule has 0 saturated carbocycles. The van der Waals surface area contributed by atoms with E-state index < -0.39 is 10.0 Å². The van der Waals surface area contributed by atoms with Gasteiger partial charge in [0.15, 0.2) is 0 Å². The van der Waals surface area contributed by atoms with Crippen molar-refractivity contribution in [1.82, 2.24) is 14.3 Å². The second-order valence-corrected chi connectivity index (χ2v) is 7.51. The number of aromatic nitrogens is 2. The summed E-state index contributed by atoms with van der Waals surface area (Å²) < 4.78 is 24.6. The van der Waals surface area contributed by atoms with Gasteiger partial charge in [-0.25, -0.2) is 17.7 Å². The van der Waals surface area contributed by atoms with Gasteiger partial charge in [0, 0.05) is 27.7 Å². The molecule has 2 heterocycles. The van der Waals surface area contributed by atoms with Crippen molar-refractivity contribution in [3.8, 4) is 0 Å². The average Bonchev–Trinajstić information content (AvgIpc) is 2.86. The summed E-state index contributed by atoms with van der Waals surface area (Å²) in [5.41, 5.74) is 0. The zero-order valence-electron chi connectivity index (χ0n) is 11.5. The van der Waals surface area contributed by atoms with E-state index in [0.29, 0.717) is 18.3 Å². The Kier molecular flexibility index (Phi) is 4.41. The first-order valence-corrected chi connectivity index (χ1v) is 8.50. The first kappa shape index (κ1) is 14.9. The van der Waals surface area contributed by atoms with Gasteiger partial charge < -0.3 is 10.6 Å². The Morgan fingerprint density at radius 1 is 1.35 bits per heavy atom. The molecular formula is C11H17N5O2S2. The summed E-state index contributed by atoms with van der Waals surface area (Å²) in [5, 5.41) is 8.79. The van der Waals surface area contributed by atoms with E-state index >= 15 is 0 Å². The molecule has 0 amide bonds. The highest BCUT2D eigenvalue weighted by atomic mass is 32.2. The van der Waals surface area contributed by atoms with Gasteiger partial charge in [0.2, 0.25) is 16.0 Å². The Labute approximate surface area is 122 Å². The van der Waals surface area contributed by atoms with Crippen molar-refractivity contribution < 1.29 is 8.42 Å². The highest BCUT2D eigenvalue weighted by Crippen LogP contribution is 2.26. The third kappa shape index (κ3) is 3.17. The van der Waals surface area contributed by atoms with Gasteiger partial charge in [0.1, 0.15) is 10.6 Å². The third-order valence-corrected chi connectivity index (χ3v) is 5.40. The Morgan fingerprint density at radius 3 is 2.75 bits per heavy atom. The van der Waals surface area contributed by atoms with Gasteiger partial charge in [-0.1, -0.05) is 0 Å². The van der Waals surface area contributed by atoms with Crippen LogP contribution in [0.3, 0.4) is 0 Å². The number of rotatable bonds is 6. The van der Waals surface area contributed by atoms with Crippen molar-refractivity contribution in [3.63, 3.8) is 0 Å². The molecular weight excluding hydrogens is 298 g/mol. The molecule has 0 fully saturated rings. The van der Waals surface area contributed by atoms with Crippen molar-refractivity contribution in [2.75, 3.05) is 44.1 Å². The van der Waals surface area contributed by atoms with E-state index in [2.05, 4.69) is 20.6 Å². The molecule has 0 bridgehead atoms. The SMILES string of the molecule is CNc1nc(NCCS(=O)(=O)N(C)C)c2ccsc2n1. The molecule has 0 aliphatic rings. The van der Waals surface area contributed by atoms with Gasteiger partial charge in [0.25, 0.3) is 0 Å². The van der Waals surface area contributed by atoms with Crippen LogP contribution < -0.4 is 10.6 Å². The van der Waals surface area contributed by atoms with Crippen LogP contribution in [-0.2, 0) is 10.0 Å². The third-order valence-electron chi connectivity index (χ3n) is 2.76. The summed E-state index contributed by atoms with van der Waals surface area (Å²) >= 11 is 1.52. The molecule has 20 heavy (non-hydrogen) atoms. The number of fused-ring (bicyclic) bond motifs is 1. The molecule has 0 aliphatic carbocycles. The average molecular weight is 315 g/mol. The van der Waals surface area contributed by atoms with Crippen LogP contribution in [0.15, 0.2) is 11.4 Å². The number of nitrogens with zero attached hydrogens (tertiary/aromatic N) is 3. The fourth-order valence-electron chi connectivity index (χ4n) is 1.58. The predicted molar refractivity (Wildman–Crippen MR) is 82.9 cm³/mol. The Morgan fingerprint density at radius 2 is 2.10 bits per heavy atom. The minimum Gasteiger partial charge on any atom is -0.368 e. The monoisotopic (exact) mass is 315 g/mol. The van der Waals surface area contributed by atoms with Crippen LogP contribution in [0.1, 0.15) is 0 Å². The van der Waals surface area contributed by atoms with Crippen LogP contribution >= 0.6 is 11.3 Å². The Hall–Kier alpha value is -1.45. The van der Waals surface area contributed by atoms with Crippen LogP contribution in [0, 0.1) is 0 Å². The van der Waals surface area contributed by atoms with Crippen molar-refractivity contribution in [3.05, 3.63) is 11.4 Å². The molecule has 7 nitrogen and oxygen atoms in total. The zero-order valence-corrected chi connectivity index (χ0v) is 13.2. The fraction of sp³-hybridized carbons (Fsp3) is 0.455. The van der Waals surface area contributed by atoms with E-state index in [1.54, 1.807) is 7.05 Å². The first-order valence-electron chi connectivity index (χ1n) is 6.01. The molecule has 2 rings (SSSR count). The second-order valence-electron chi connectivity index (χ2n) is 4.31. The smallest absolute Gasteiger partial charge is 0.225 e. The number of hydrogen-bond acceptors (Lipinski definition) is 7. The van der Waals surface area contributed by atoms with Gasteiger partial charge in [-0.3, -0.25) is 0 Å². The molecule has 0 unspecified atom stereocenters. The van der Waals surface area contributed by atoms with Gasteiger partial charge >= 0.3 is 0 Å². The minimum atomic E-state index is -3.21. The maximum absolute atomic E-state index is 11.7. The second kappa shape index (κ2) is 5.90. The summed E-state index contributed by atoms with van der Waals surface area (Å²) in [6.45, 7) is 0.297. The molecule has 0 radical (unpaired) electrons. The van der Waals surface area contributed by atoms with Crippen LogP contribution in [0.4, 0.5) is 11.8 Å². The van der Waals surface area contributed by atoms with E-state index in [0.717, 1.165) is 10.2 Å². The van der Waals surface area contributed by atoms with E-state index in [1.807, 2.05) is 11.4 Å². The van der Waals surface area contributed by atoms with Crippen LogP contribution in [0.5, 0.6) is 0 Å². The van der Waals surface area contributed by atoms with Crippen molar-refractivity contribution in [2.24, 2.45) is 0 Å². The summed E-state index contributed by atoms with van der Waals surface area (Å²) in [4.78, 5) is 9.51. The van der Waals surface area contributed by atoms with Gasteiger partial charge in [-0.05, 0) is 11.4 Å². The molecule has 0 atom stereocenters. The predicted octanol–water partition coefficient (Wildman–Crippen LogP) is 1.04. The van der Waals surface area contributed by atoms with Gasteiger partial charge in [0.05, 0.1) is 11.1 Å². The number of thiophene rings is 1. The lowest BCUT2D eigenvalue weighted by atomic mass is 10.4. The van der Waals surface area contributed by atoms with Crippen LogP contribution in [0.2, 0.25) is 0 Å². The number of anilines is 2. The van der Waals surface area contributed by atoms with E-state index in [9.17, 15) is 8.42 Å². The molecule has 0 aromatic carbocycles. The molecule has 0 saturated heterocycles. The summed E-state index contributed by atoms with van der Waals surface area (Å²) in [5.74, 6) is 1.18. The van der Waals surface area contributed by atoms with E-state index in [-0.39, 0.29) is 5.75 Å². The Bertz CT molecular complexity index is 696. The fourth-order valence-corrected chi connectivity index (χ4v) is 3.07. The number of nitrogens with one attached hydrogen (secondary N) is 2. The quantitative estimate of drug-likeness (QED) is 0.828. The van der Waals surface area contributed by atoms with Gasteiger partial charge in [-0.15, -0.1) is 11.3 Å². The summed E-state index contributed by atoms with van der Waals surface area (Å²) in [7, 11) is 1.58. The van der Waals surface area contributed by atoms with E-state index in [1.165, 1.54) is 29.7 Å². The molecule has 0 aliphatic heterocycles. The van der Waals surface area contributed by atoms with Crippen LogP contribution in [0.25, 0.3) is 10.2 Å². The number of sulfonamides is 1. The van der Waals surface area contributed by atoms with E-state index in [4.69, 9.17) is 0 Å². The lowest BCUT2D eigenvalue weighted by Crippen LogP contribution is -2.28. The van der Waals surface area contributed by atoms with Crippen molar-refractivity contribution in [1.29, 1.82) is 0 Å². The summed E-state index contributed by atoms with van der Waals surface area (Å²) in [6, 6.07) is 1.92. The highest BCUT2D eigenvalue weighted by Gasteiger charge is 2.14. The largest absolute Gasteiger partial charge is 0.368 e. The molecule has 110 valence electrons. The maximum Gasteiger partial charge on any atom is 0.225 e. The lowest BCUT2D eigenvalue weighted by Gasteiger charge is -2.12. The minimum absolute atomic E-state index is 0.0184. The standard InChI is InChI=1S/C11H17N5O2S2/c1-12-11-14-9(8-4-6-19-10(8)15-11)13-5-7-20(17,18)16(2)3/h4,6H,5,7H2,1-3H3,(H2,12,13,14,15). The van der Waals surface area contributed by atoms with Crippen molar-refractivity contribution >= 4 is 43.3 Å². The normalized spacial score (nSPS) is 12.0. The molecule has 9 heteroatoms. The zero-order chi connectivity index (χ0) is 14.8. The van der Waals surface area contributed by atoms with Crippen molar-refractivity contribution in [2.45, 2.75) is 0 Å². The topological polar surface area (TPSA) is 87.2 Å². The van der Waals surface area contributed by atoms with Crippen LogP contribution in [-0.4, -0.2) is 56.1 Å². The lowest BCUT2D eigenvalue weighted by molar-refractivity contribution is 0.521. The molecule has 2 aromatic rings. The maximum atomic E-state index is 11.7. The Balaban J connectivity index is 2.15. The molecule has 2 N–H and O–H groups in total. The summed E-state index contributed by atoms with van der Waals surface area (Å²) in [6.07, 6.45) is 0. The first-order chi connectivity index (χ1) is 9.44. The number of hydrogen-bond donors (Lipinski definition) is 2. The molecule has 0 spiro atoms.